The first-order valence-corrected chi connectivity index (χ1v) is 7.59. The number of rotatable bonds is 5. The Morgan fingerprint density at radius 1 is 1.43 bits per heavy atom. The number of hydrogen-bond donors (Lipinski definition) is 3. The van der Waals surface area contributed by atoms with Gasteiger partial charge in [0.1, 0.15) is 5.75 Å². The van der Waals surface area contributed by atoms with Crippen LogP contribution >= 0.6 is 11.6 Å². The van der Waals surface area contributed by atoms with Crippen LogP contribution in [0.15, 0.2) is 18.2 Å². The smallest absolute Gasteiger partial charge is 0.319 e. The zero-order valence-corrected chi connectivity index (χ0v) is 12.9. The van der Waals surface area contributed by atoms with E-state index in [4.69, 9.17) is 16.3 Å². The topological polar surface area (TPSA) is 70.6 Å². The van der Waals surface area contributed by atoms with E-state index >= 15 is 0 Å². The molecule has 6 heteroatoms. The lowest BCUT2D eigenvalue weighted by Crippen LogP contribution is -2.50. The molecule has 116 valence electrons. The fourth-order valence-corrected chi connectivity index (χ4v) is 2.86. The Balaban J connectivity index is 1.97. The molecule has 1 aliphatic rings. The molecule has 5 nitrogen and oxygen atoms in total. The summed E-state index contributed by atoms with van der Waals surface area (Å²) in [6.45, 7) is 2.38. The van der Waals surface area contributed by atoms with Crippen LogP contribution in [0.5, 0.6) is 5.75 Å². The molecule has 0 heterocycles. The summed E-state index contributed by atoms with van der Waals surface area (Å²) in [6, 6.07) is 4.77. The summed E-state index contributed by atoms with van der Waals surface area (Å²) >= 11 is 6.08. The maximum Gasteiger partial charge on any atom is 0.319 e. The van der Waals surface area contributed by atoms with Crippen molar-refractivity contribution >= 4 is 23.3 Å². The summed E-state index contributed by atoms with van der Waals surface area (Å²) in [4.78, 5) is 12.0. The maximum atomic E-state index is 12.0. The van der Waals surface area contributed by atoms with Gasteiger partial charge in [-0.2, -0.15) is 0 Å². The predicted molar refractivity (Wildman–Crippen MR) is 83.1 cm³/mol. The Morgan fingerprint density at radius 3 is 2.71 bits per heavy atom. The molecule has 0 bridgehead atoms. The first-order chi connectivity index (χ1) is 10.1. The van der Waals surface area contributed by atoms with Crippen molar-refractivity contribution in [1.29, 1.82) is 0 Å². The van der Waals surface area contributed by atoms with Crippen LogP contribution in [0, 0.1) is 0 Å². The molecule has 0 aromatic heterocycles. The van der Waals surface area contributed by atoms with E-state index in [1.165, 1.54) is 0 Å². The van der Waals surface area contributed by atoms with Crippen LogP contribution in [-0.4, -0.2) is 29.9 Å². The lowest BCUT2D eigenvalue weighted by molar-refractivity contribution is 0.167. The second kappa shape index (κ2) is 7.00. The number of hydrogen-bond acceptors (Lipinski definition) is 3. The number of ether oxygens (including phenoxy) is 1. The third-order valence-electron chi connectivity index (χ3n) is 3.73. The highest BCUT2D eigenvalue weighted by atomic mass is 35.5. The molecule has 3 N–H and O–H groups in total. The first kappa shape index (κ1) is 15.9. The van der Waals surface area contributed by atoms with Gasteiger partial charge in [-0.15, -0.1) is 0 Å². The van der Waals surface area contributed by atoms with E-state index < -0.39 is 5.54 Å². The van der Waals surface area contributed by atoms with E-state index in [1.807, 2.05) is 6.92 Å². The summed E-state index contributed by atoms with van der Waals surface area (Å²) in [5.41, 5.74) is 0.103. The van der Waals surface area contributed by atoms with Gasteiger partial charge >= 0.3 is 6.03 Å². The molecule has 0 saturated heterocycles. The zero-order chi connectivity index (χ0) is 15.3. The summed E-state index contributed by atoms with van der Waals surface area (Å²) < 4.78 is 5.34. The van der Waals surface area contributed by atoms with Gasteiger partial charge in [0.15, 0.2) is 0 Å². The molecular weight excluding hydrogens is 292 g/mol. The Bertz CT molecular complexity index is 502. The number of carbonyl (C=O) groups excluding carboxylic acids is 1. The van der Waals surface area contributed by atoms with Crippen molar-refractivity contribution in [3.8, 4) is 5.75 Å². The minimum atomic E-state index is -0.487. The highest BCUT2D eigenvalue weighted by Crippen LogP contribution is 2.30. The van der Waals surface area contributed by atoms with Crippen molar-refractivity contribution < 1.29 is 14.6 Å². The number of aliphatic hydroxyl groups excluding tert-OH is 1. The Morgan fingerprint density at radius 2 is 2.14 bits per heavy atom. The maximum absolute atomic E-state index is 12.0. The number of nitrogens with one attached hydrogen (secondary N) is 2. The molecule has 1 aromatic carbocycles. The fraction of sp³-hybridized carbons (Fsp3) is 0.533. The SMILES string of the molecule is CCOc1ccc(NC(=O)NC2(CO)CCCC2)cc1Cl. The standard InChI is InChI=1S/C15H21ClN2O3/c1-2-21-13-6-5-11(9-12(13)16)17-14(20)18-15(10-19)7-3-4-8-15/h5-6,9,19H,2-4,7-8,10H2,1H3,(H2,17,18,20). The van der Waals surface area contributed by atoms with Crippen LogP contribution in [0.1, 0.15) is 32.6 Å². The Labute approximate surface area is 129 Å². The summed E-state index contributed by atoms with van der Waals surface area (Å²) in [6.07, 6.45) is 3.66. The van der Waals surface area contributed by atoms with Gasteiger partial charge < -0.3 is 20.5 Å². The normalized spacial score (nSPS) is 16.5. The summed E-state index contributed by atoms with van der Waals surface area (Å²) in [7, 11) is 0. The fourth-order valence-electron chi connectivity index (χ4n) is 2.63. The lowest BCUT2D eigenvalue weighted by Gasteiger charge is -2.28. The average Bonchev–Trinajstić information content (AvgIpc) is 2.91. The average molecular weight is 313 g/mol. The van der Waals surface area contributed by atoms with Crippen LogP contribution in [0.2, 0.25) is 5.02 Å². The van der Waals surface area contributed by atoms with Gasteiger partial charge in [0, 0.05) is 5.69 Å². The van der Waals surface area contributed by atoms with Crippen molar-refractivity contribution in [1.82, 2.24) is 5.32 Å². The number of carbonyl (C=O) groups is 1. The zero-order valence-electron chi connectivity index (χ0n) is 12.1. The molecule has 2 amide bonds. The van der Waals surface area contributed by atoms with Crippen LogP contribution in [0.25, 0.3) is 0 Å². The molecule has 0 spiro atoms. The minimum Gasteiger partial charge on any atom is -0.492 e. The second-order valence-electron chi connectivity index (χ2n) is 5.30. The third kappa shape index (κ3) is 4.02. The largest absolute Gasteiger partial charge is 0.492 e. The molecule has 1 aliphatic carbocycles. The van der Waals surface area contributed by atoms with Crippen LogP contribution in [-0.2, 0) is 0 Å². The second-order valence-corrected chi connectivity index (χ2v) is 5.71. The van der Waals surface area contributed by atoms with Crippen molar-refractivity contribution in [3.05, 3.63) is 23.2 Å². The Hall–Kier alpha value is -1.46. The number of urea groups is 1. The molecule has 1 aromatic rings. The van der Waals surface area contributed by atoms with Crippen molar-refractivity contribution in [2.45, 2.75) is 38.1 Å². The third-order valence-corrected chi connectivity index (χ3v) is 4.03. The molecule has 21 heavy (non-hydrogen) atoms. The van der Waals surface area contributed by atoms with Gasteiger partial charge in [-0.1, -0.05) is 24.4 Å². The van der Waals surface area contributed by atoms with Crippen LogP contribution in [0.3, 0.4) is 0 Å². The lowest BCUT2D eigenvalue weighted by atomic mass is 9.99. The summed E-state index contributed by atoms with van der Waals surface area (Å²) in [5.74, 6) is 0.591. The van der Waals surface area contributed by atoms with E-state index in [9.17, 15) is 9.90 Å². The van der Waals surface area contributed by atoms with Crippen molar-refractivity contribution in [2.75, 3.05) is 18.5 Å². The van der Waals surface area contributed by atoms with Gasteiger partial charge in [0.2, 0.25) is 0 Å². The number of halogens is 1. The molecule has 1 fully saturated rings. The number of amides is 2. The molecule has 0 radical (unpaired) electrons. The molecule has 0 atom stereocenters. The molecular formula is C15H21ClN2O3. The molecule has 0 unspecified atom stereocenters. The summed E-state index contributed by atoms with van der Waals surface area (Å²) in [5, 5.41) is 15.6. The minimum absolute atomic E-state index is 0.0372. The van der Waals surface area contributed by atoms with E-state index in [0.29, 0.717) is 23.1 Å². The van der Waals surface area contributed by atoms with E-state index in [-0.39, 0.29) is 12.6 Å². The molecule has 2 rings (SSSR count). The van der Waals surface area contributed by atoms with Gasteiger partial charge in [-0.3, -0.25) is 0 Å². The van der Waals surface area contributed by atoms with Gasteiger partial charge in [-0.05, 0) is 38.0 Å². The highest BCUT2D eigenvalue weighted by Gasteiger charge is 2.34. The van der Waals surface area contributed by atoms with Crippen molar-refractivity contribution in [2.24, 2.45) is 0 Å². The van der Waals surface area contributed by atoms with Gasteiger partial charge in [0.05, 0.1) is 23.8 Å². The quantitative estimate of drug-likeness (QED) is 0.782. The van der Waals surface area contributed by atoms with Crippen LogP contribution in [0.4, 0.5) is 10.5 Å². The number of anilines is 1. The number of benzene rings is 1. The molecule has 1 saturated carbocycles. The molecule has 0 aliphatic heterocycles. The van der Waals surface area contributed by atoms with E-state index in [0.717, 1.165) is 25.7 Å². The number of aliphatic hydroxyl groups is 1. The Kier molecular flexibility index (Phi) is 5.31. The van der Waals surface area contributed by atoms with E-state index in [2.05, 4.69) is 10.6 Å². The predicted octanol–water partition coefficient (Wildman–Crippen LogP) is 3.17. The van der Waals surface area contributed by atoms with Crippen molar-refractivity contribution in [3.63, 3.8) is 0 Å². The van der Waals surface area contributed by atoms with Crippen LogP contribution < -0.4 is 15.4 Å². The highest BCUT2D eigenvalue weighted by molar-refractivity contribution is 6.32. The monoisotopic (exact) mass is 312 g/mol. The van der Waals surface area contributed by atoms with Gasteiger partial charge in [0.25, 0.3) is 0 Å². The van der Waals surface area contributed by atoms with Gasteiger partial charge in [-0.25, -0.2) is 4.79 Å². The van der Waals surface area contributed by atoms with E-state index in [1.54, 1.807) is 18.2 Å². The first-order valence-electron chi connectivity index (χ1n) is 7.21.